The van der Waals surface area contributed by atoms with Crippen LogP contribution in [0.25, 0.3) is 5.69 Å². The second kappa shape index (κ2) is 8.86. The summed E-state index contributed by atoms with van der Waals surface area (Å²) in [4.78, 5) is 29.4. The molecule has 0 spiro atoms. The largest absolute Gasteiger partial charge is 0.335 e. The van der Waals surface area contributed by atoms with E-state index in [-0.39, 0.29) is 11.8 Å². The maximum absolute atomic E-state index is 13.8. The molecule has 1 aliphatic rings. The molecule has 0 saturated carbocycles. The second-order valence-corrected chi connectivity index (χ2v) is 8.90. The van der Waals surface area contributed by atoms with Crippen LogP contribution in [0.5, 0.6) is 0 Å². The molecule has 1 aromatic heterocycles. The molecule has 8 heteroatoms. The molecule has 0 N–H and O–H groups in total. The van der Waals surface area contributed by atoms with Crippen LogP contribution >= 0.6 is 15.9 Å². The lowest BCUT2D eigenvalue weighted by Gasteiger charge is -2.35. The molecule has 2 heterocycles. The summed E-state index contributed by atoms with van der Waals surface area (Å²) in [6, 6.07) is 12.3. The Labute approximate surface area is 194 Å². The zero-order valence-electron chi connectivity index (χ0n) is 18.2. The van der Waals surface area contributed by atoms with Crippen molar-refractivity contribution < 1.29 is 14.0 Å². The van der Waals surface area contributed by atoms with Gasteiger partial charge in [-0.25, -0.2) is 9.07 Å². The van der Waals surface area contributed by atoms with Gasteiger partial charge in [0.05, 0.1) is 22.6 Å². The van der Waals surface area contributed by atoms with Gasteiger partial charge in [-0.05, 0) is 62.7 Å². The summed E-state index contributed by atoms with van der Waals surface area (Å²) < 4.78 is 16.6. The molecule has 1 fully saturated rings. The first-order chi connectivity index (χ1) is 15.3. The fourth-order valence-electron chi connectivity index (χ4n) is 3.97. The van der Waals surface area contributed by atoms with Gasteiger partial charge in [-0.15, -0.1) is 0 Å². The van der Waals surface area contributed by atoms with Crippen molar-refractivity contribution in [1.82, 2.24) is 19.6 Å². The Balaban J connectivity index is 1.47. The number of hydrogen-bond donors (Lipinski definition) is 0. The molecular weight excluding hydrogens is 475 g/mol. The van der Waals surface area contributed by atoms with E-state index in [2.05, 4.69) is 21.0 Å². The van der Waals surface area contributed by atoms with Crippen LogP contribution in [0.2, 0.25) is 0 Å². The molecule has 2 amide bonds. The van der Waals surface area contributed by atoms with Crippen LogP contribution in [-0.4, -0.2) is 57.6 Å². The van der Waals surface area contributed by atoms with E-state index in [1.165, 1.54) is 6.07 Å². The monoisotopic (exact) mass is 498 g/mol. The summed E-state index contributed by atoms with van der Waals surface area (Å²) in [5.74, 6) is -0.693. The lowest BCUT2D eigenvalue weighted by molar-refractivity contribution is 0.0534. The maximum Gasteiger partial charge on any atom is 0.257 e. The molecule has 0 unspecified atom stereocenters. The summed E-state index contributed by atoms with van der Waals surface area (Å²) in [6.07, 6.45) is 0. The number of halogens is 2. The third kappa shape index (κ3) is 4.19. The highest BCUT2D eigenvalue weighted by Gasteiger charge is 2.29. The first-order valence-corrected chi connectivity index (χ1v) is 11.2. The van der Waals surface area contributed by atoms with Crippen LogP contribution in [0, 0.1) is 26.6 Å². The Hall–Kier alpha value is -3.00. The number of nitrogens with zero attached hydrogens (tertiary/aromatic N) is 4. The molecule has 0 radical (unpaired) electrons. The molecule has 0 bridgehead atoms. The Morgan fingerprint density at radius 2 is 1.50 bits per heavy atom. The van der Waals surface area contributed by atoms with Gasteiger partial charge >= 0.3 is 0 Å². The summed E-state index contributed by atoms with van der Waals surface area (Å²) in [6.45, 7) is 7.03. The molecule has 1 aliphatic heterocycles. The predicted octanol–water partition coefficient (Wildman–Crippen LogP) is 4.30. The Morgan fingerprint density at radius 3 is 2.09 bits per heavy atom. The van der Waals surface area contributed by atoms with Crippen LogP contribution in [0.15, 0.2) is 46.9 Å². The van der Waals surface area contributed by atoms with E-state index in [1.54, 1.807) is 33.5 Å². The van der Waals surface area contributed by atoms with Gasteiger partial charge in [-0.2, -0.15) is 5.10 Å². The van der Waals surface area contributed by atoms with E-state index in [0.29, 0.717) is 48.6 Å². The zero-order chi connectivity index (χ0) is 23.0. The average molecular weight is 499 g/mol. The molecule has 6 nitrogen and oxygen atoms in total. The number of carbonyl (C=O) groups excluding carboxylic acids is 2. The zero-order valence-corrected chi connectivity index (χ0v) is 19.8. The maximum atomic E-state index is 13.8. The van der Waals surface area contributed by atoms with Crippen LogP contribution in [0.1, 0.15) is 37.7 Å². The molecule has 0 atom stereocenters. The van der Waals surface area contributed by atoms with E-state index in [0.717, 1.165) is 15.9 Å². The van der Waals surface area contributed by atoms with Gasteiger partial charge in [-0.1, -0.05) is 22.0 Å². The molecule has 2 aromatic carbocycles. The van der Waals surface area contributed by atoms with Gasteiger partial charge in [0.1, 0.15) is 5.82 Å². The van der Waals surface area contributed by atoms with Gasteiger partial charge in [0, 0.05) is 36.2 Å². The van der Waals surface area contributed by atoms with Crippen molar-refractivity contribution in [3.8, 4) is 5.69 Å². The molecule has 4 rings (SSSR count). The number of rotatable bonds is 3. The van der Waals surface area contributed by atoms with E-state index in [9.17, 15) is 14.0 Å². The van der Waals surface area contributed by atoms with Crippen LogP contribution in [-0.2, 0) is 0 Å². The van der Waals surface area contributed by atoms with Gasteiger partial charge in [-0.3, -0.25) is 9.59 Å². The first-order valence-electron chi connectivity index (χ1n) is 10.4. The van der Waals surface area contributed by atoms with E-state index in [4.69, 9.17) is 0 Å². The van der Waals surface area contributed by atoms with Crippen molar-refractivity contribution in [2.45, 2.75) is 20.8 Å². The van der Waals surface area contributed by atoms with Crippen LogP contribution < -0.4 is 0 Å². The smallest absolute Gasteiger partial charge is 0.257 e. The lowest BCUT2D eigenvalue weighted by Crippen LogP contribution is -2.50. The van der Waals surface area contributed by atoms with Gasteiger partial charge in [0.25, 0.3) is 11.8 Å². The second-order valence-electron chi connectivity index (χ2n) is 7.98. The Kier molecular flexibility index (Phi) is 6.15. The van der Waals surface area contributed by atoms with Crippen molar-refractivity contribution >= 4 is 27.7 Å². The van der Waals surface area contributed by atoms with Crippen LogP contribution in [0.3, 0.4) is 0 Å². The number of aromatic nitrogens is 2. The molecular formula is C24H24BrFN4O2. The quantitative estimate of drug-likeness (QED) is 0.540. The number of piperazine rings is 1. The van der Waals surface area contributed by atoms with Crippen molar-refractivity contribution in [3.05, 3.63) is 80.8 Å². The SMILES string of the molecule is Cc1ccc(C(=O)N2CCN(C(=O)c3c(C)nn(-c4ccc(Br)cc4)c3C)CC2)cc1F. The van der Waals surface area contributed by atoms with Crippen molar-refractivity contribution in [1.29, 1.82) is 0 Å². The third-order valence-corrected chi connectivity index (χ3v) is 6.38. The highest BCUT2D eigenvalue weighted by molar-refractivity contribution is 9.10. The molecule has 3 aromatic rings. The summed E-state index contributed by atoms with van der Waals surface area (Å²) >= 11 is 3.43. The van der Waals surface area contributed by atoms with E-state index < -0.39 is 5.82 Å². The number of hydrogen-bond acceptors (Lipinski definition) is 3. The minimum Gasteiger partial charge on any atom is -0.335 e. The molecule has 0 aliphatic carbocycles. The van der Waals surface area contributed by atoms with Gasteiger partial charge in [0.15, 0.2) is 0 Å². The third-order valence-electron chi connectivity index (χ3n) is 5.85. The normalized spacial score (nSPS) is 14.0. The minimum atomic E-state index is -0.390. The Morgan fingerprint density at radius 1 is 0.906 bits per heavy atom. The molecule has 32 heavy (non-hydrogen) atoms. The summed E-state index contributed by atoms with van der Waals surface area (Å²) in [7, 11) is 0. The number of benzene rings is 2. The summed E-state index contributed by atoms with van der Waals surface area (Å²) in [5.41, 5.74) is 3.76. The fraction of sp³-hybridized carbons (Fsp3) is 0.292. The minimum absolute atomic E-state index is 0.0863. The van der Waals surface area contributed by atoms with Gasteiger partial charge in [0.2, 0.25) is 0 Å². The van der Waals surface area contributed by atoms with Crippen LogP contribution in [0.4, 0.5) is 4.39 Å². The highest BCUT2D eigenvalue weighted by Crippen LogP contribution is 2.22. The summed E-state index contributed by atoms with van der Waals surface area (Å²) in [5, 5.41) is 4.58. The van der Waals surface area contributed by atoms with Crippen molar-refractivity contribution in [2.75, 3.05) is 26.2 Å². The number of amides is 2. The predicted molar refractivity (Wildman–Crippen MR) is 124 cm³/mol. The number of aryl methyl sites for hydroxylation is 2. The Bertz CT molecular complexity index is 1180. The highest BCUT2D eigenvalue weighted by atomic mass is 79.9. The van der Waals surface area contributed by atoms with Crippen molar-refractivity contribution in [3.63, 3.8) is 0 Å². The first kappa shape index (κ1) is 22.2. The lowest BCUT2D eigenvalue weighted by atomic mass is 10.1. The van der Waals surface area contributed by atoms with E-state index >= 15 is 0 Å². The topological polar surface area (TPSA) is 58.4 Å². The average Bonchev–Trinajstić information content (AvgIpc) is 3.09. The molecule has 1 saturated heterocycles. The number of carbonyl (C=O) groups is 2. The fourth-order valence-corrected chi connectivity index (χ4v) is 4.23. The standard InChI is InChI=1S/C24H24BrFN4O2/c1-15-4-5-18(14-21(15)26)23(31)28-10-12-29(13-11-28)24(32)22-16(2)27-30(17(22)3)20-8-6-19(25)7-9-20/h4-9,14H,10-13H2,1-3H3. The van der Waals surface area contributed by atoms with Crippen molar-refractivity contribution in [2.24, 2.45) is 0 Å². The molecule has 166 valence electrons. The van der Waals surface area contributed by atoms with E-state index in [1.807, 2.05) is 38.1 Å². The van der Waals surface area contributed by atoms with Gasteiger partial charge < -0.3 is 9.80 Å².